The quantitative estimate of drug-likeness (QED) is 0.791. The number of carbonyl (C=O) groups is 2. The first-order valence-electron chi connectivity index (χ1n) is 6.29. The van der Waals surface area contributed by atoms with Gasteiger partial charge in [0.25, 0.3) is 0 Å². The van der Waals surface area contributed by atoms with E-state index in [4.69, 9.17) is 5.11 Å². The number of hydrogen-bond acceptors (Lipinski definition) is 4. The van der Waals surface area contributed by atoms with Crippen LogP contribution in [0.5, 0.6) is 0 Å². The van der Waals surface area contributed by atoms with Crippen molar-refractivity contribution in [1.29, 1.82) is 0 Å². The molecule has 0 spiro atoms. The fourth-order valence-corrected chi connectivity index (χ4v) is 2.38. The molecule has 1 aromatic heterocycles. The lowest BCUT2D eigenvalue weighted by Crippen LogP contribution is -2.28. The summed E-state index contributed by atoms with van der Waals surface area (Å²) in [5.74, 6) is -0.907. The maximum atomic E-state index is 11.8. The molecule has 110 valence electrons. The molecule has 3 N–H and O–H groups in total. The normalized spacial score (nSPS) is 10.1. The highest BCUT2D eigenvalue weighted by Gasteiger charge is 2.05. The number of aliphatic carboxylic acids is 1. The fourth-order valence-electron chi connectivity index (χ4n) is 1.77. The van der Waals surface area contributed by atoms with Gasteiger partial charge in [0.05, 0.1) is 23.7 Å². The van der Waals surface area contributed by atoms with E-state index in [0.29, 0.717) is 17.8 Å². The van der Waals surface area contributed by atoms with Crippen molar-refractivity contribution >= 4 is 29.0 Å². The number of urea groups is 1. The average molecular weight is 305 g/mol. The summed E-state index contributed by atoms with van der Waals surface area (Å²) in [5, 5.41) is 17.0. The first kappa shape index (κ1) is 15.0. The summed E-state index contributed by atoms with van der Waals surface area (Å²) in [6.07, 6.45) is -0.0742. The minimum atomic E-state index is -0.907. The number of rotatable bonds is 5. The fraction of sp³-hybridized carbons (Fsp3) is 0.214. The van der Waals surface area contributed by atoms with Crippen LogP contribution in [0.2, 0.25) is 0 Å². The van der Waals surface area contributed by atoms with Gasteiger partial charge in [-0.3, -0.25) is 4.79 Å². The van der Waals surface area contributed by atoms with Gasteiger partial charge in [-0.2, -0.15) is 0 Å². The number of carboxylic acid groups (broad SMARTS) is 1. The summed E-state index contributed by atoms with van der Waals surface area (Å²) >= 11 is 1.53. The molecule has 2 aromatic rings. The molecule has 0 fully saturated rings. The van der Waals surface area contributed by atoms with E-state index in [1.54, 1.807) is 24.3 Å². The Labute approximate surface area is 125 Å². The molecule has 0 saturated heterocycles. The Morgan fingerprint density at radius 2 is 2.19 bits per heavy atom. The van der Waals surface area contributed by atoms with Crippen LogP contribution >= 0.6 is 11.3 Å². The molecular formula is C14H15N3O3S. The SMILES string of the molecule is Cc1nc(CNC(=O)Nc2cccc(CC(=O)O)c2)cs1. The Balaban J connectivity index is 1.88. The maximum absolute atomic E-state index is 11.8. The van der Waals surface area contributed by atoms with E-state index in [1.807, 2.05) is 12.3 Å². The molecule has 0 unspecified atom stereocenters. The van der Waals surface area contributed by atoms with Crippen LogP contribution in [0.3, 0.4) is 0 Å². The van der Waals surface area contributed by atoms with Crippen LogP contribution in [-0.4, -0.2) is 22.1 Å². The molecule has 0 radical (unpaired) electrons. The van der Waals surface area contributed by atoms with Crippen molar-refractivity contribution in [1.82, 2.24) is 10.3 Å². The number of anilines is 1. The van der Waals surface area contributed by atoms with Crippen LogP contribution in [0.15, 0.2) is 29.6 Å². The van der Waals surface area contributed by atoms with Crippen molar-refractivity contribution in [2.24, 2.45) is 0 Å². The second-order valence-electron chi connectivity index (χ2n) is 4.44. The van der Waals surface area contributed by atoms with E-state index in [1.165, 1.54) is 11.3 Å². The number of hydrogen-bond donors (Lipinski definition) is 3. The predicted molar refractivity (Wildman–Crippen MR) is 80.5 cm³/mol. The van der Waals surface area contributed by atoms with Crippen LogP contribution < -0.4 is 10.6 Å². The minimum absolute atomic E-state index is 0.0742. The lowest BCUT2D eigenvalue weighted by molar-refractivity contribution is -0.136. The monoisotopic (exact) mass is 305 g/mol. The van der Waals surface area contributed by atoms with E-state index in [0.717, 1.165) is 10.7 Å². The van der Waals surface area contributed by atoms with Crippen LogP contribution in [0.1, 0.15) is 16.3 Å². The summed E-state index contributed by atoms with van der Waals surface area (Å²) in [5.41, 5.74) is 2.00. The molecule has 0 atom stereocenters. The summed E-state index contributed by atoms with van der Waals surface area (Å²) in [4.78, 5) is 26.7. The lowest BCUT2D eigenvalue weighted by atomic mass is 10.1. The molecule has 0 aliphatic carbocycles. The van der Waals surface area contributed by atoms with Gasteiger partial charge in [-0.25, -0.2) is 9.78 Å². The Morgan fingerprint density at radius 1 is 1.38 bits per heavy atom. The highest BCUT2D eigenvalue weighted by atomic mass is 32.1. The van der Waals surface area contributed by atoms with Gasteiger partial charge in [0.1, 0.15) is 0 Å². The van der Waals surface area contributed by atoms with Crippen LogP contribution in [0.4, 0.5) is 10.5 Å². The molecule has 0 aliphatic heterocycles. The molecule has 7 heteroatoms. The van der Waals surface area contributed by atoms with E-state index in [-0.39, 0.29) is 12.5 Å². The van der Waals surface area contributed by atoms with E-state index >= 15 is 0 Å². The van der Waals surface area contributed by atoms with E-state index in [2.05, 4.69) is 15.6 Å². The second-order valence-corrected chi connectivity index (χ2v) is 5.50. The smallest absolute Gasteiger partial charge is 0.319 e. The first-order valence-corrected chi connectivity index (χ1v) is 7.17. The Kier molecular flexibility index (Phi) is 4.89. The molecule has 0 bridgehead atoms. The van der Waals surface area contributed by atoms with E-state index < -0.39 is 5.97 Å². The third kappa shape index (κ3) is 4.88. The zero-order valence-electron chi connectivity index (χ0n) is 11.4. The maximum Gasteiger partial charge on any atom is 0.319 e. The van der Waals surface area contributed by atoms with Gasteiger partial charge in [0.15, 0.2) is 0 Å². The van der Waals surface area contributed by atoms with Gasteiger partial charge in [-0.15, -0.1) is 11.3 Å². The molecule has 0 saturated carbocycles. The molecule has 21 heavy (non-hydrogen) atoms. The summed E-state index contributed by atoms with van der Waals surface area (Å²) in [6.45, 7) is 2.26. The van der Waals surface area contributed by atoms with Crippen molar-refractivity contribution < 1.29 is 14.7 Å². The van der Waals surface area contributed by atoms with Crippen molar-refractivity contribution in [3.8, 4) is 0 Å². The third-order valence-electron chi connectivity index (χ3n) is 2.64. The number of amides is 2. The van der Waals surface area contributed by atoms with Gasteiger partial charge >= 0.3 is 12.0 Å². The van der Waals surface area contributed by atoms with Crippen LogP contribution in [-0.2, 0) is 17.8 Å². The molecule has 0 aliphatic rings. The molecule has 2 amide bonds. The Bertz CT molecular complexity index is 654. The van der Waals surface area contributed by atoms with Gasteiger partial charge < -0.3 is 15.7 Å². The van der Waals surface area contributed by atoms with E-state index in [9.17, 15) is 9.59 Å². The van der Waals surface area contributed by atoms with Crippen LogP contribution in [0.25, 0.3) is 0 Å². The highest BCUT2D eigenvalue weighted by Crippen LogP contribution is 2.11. The van der Waals surface area contributed by atoms with Gasteiger partial charge in [0, 0.05) is 11.1 Å². The van der Waals surface area contributed by atoms with Gasteiger partial charge in [-0.05, 0) is 24.6 Å². The molecule has 6 nitrogen and oxygen atoms in total. The largest absolute Gasteiger partial charge is 0.481 e. The number of thiazole rings is 1. The van der Waals surface area contributed by atoms with Gasteiger partial charge in [-0.1, -0.05) is 12.1 Å². The molecular weight excluding hydrogens is 290 g/mol. The average Bonchev–Trinajstić information content (AvgIpc) is 2.82. The summed E-state index contributed by atoms with van der Waals surface area (Å²) < 4.78 is 0. The zero-order chi connectivity index (χ0) is 15.2. The summed E-state index contributed by atoms with van der Waals surface area (Å²) in [6, 6.07) is 6.40. The van der Waals surface area contributed by atoms with Crippen molar-refractivity contribution in [3.63, 3.8) is 0 Å². The number of carboxylic acids is 1. The number of aromatic nitrogens is 1. The first-order chi connectivity index (χ1) is 10.0. The van der Waals surface area contributed by atoms with Crippen LogP contribution in [0, 0.1) is 6.92 Å². The topological polar surface area (TPSA) is 91.3 Å². The molecule has 1 aromatic carbocycles. The Hall–Kier alpha value is -2.41. The predicted octanol–water partition coefficient (Wildman–Crippen LogP) is 2.40. The number of nitrogens with zero attached hydrogens (tertiary/aromatic N) is 1. The number of nitrogens with one attached hydrogen (secondary N) is 2. The molecule has 1 heterocycles. The minimum Gasteiger partial charge on any atom is -0.481 e. The van der Waals surface area contributed by atoms with Gasteiger partial charge in [0.2, 0.25) is 0 Å². The second kappa shape index (κ2) is 6.85. The summed E-state index contributed by atoms with van der Waals surface area (Å²) in [7, 11) is 0. The number of carbonyl (C=O) groups excluding carboxylic acids is 1. The number of benzene rings is 1. The molecule has 2 rings (SSSR count). The number of aryl methyl sites for hydroxylation is 1. The van der Waals surface area contributed by atoms with Crippen molar-refractivity contribution in [3.05, 3.63) is 45.9 Å². The standard InChI is InChI=1S/C14H15N3O3S/c1-9-16-12(8-21-9)7-15-14(20)17-11-4-2-3-10(5-11)6-13(18)19/h2-5,8H,6-7H2,1H3,(H,18,19)(H2,15,17,20). The lowest BCUT2D eigenvalue weighted by Gasteiger charge is -2.07. The third-order valence-corrected chi connectivity index (χ3v) is 3.46. The van der Waals surface area contributed by atoms with Crippen molar-refractivity contribution in [2.45, 2.75) is 19.9 Å². The Morgan fingerprint density at radius 3 is 2.86 bits per heavy atom. The van der Waals surface area contributed by atoms with Crippen molar-refractivity contribution in [2.75, 3.05) is 5.32 Å². The highest BCUT2D eigenvalue weighted by molar-refractivity contribution is 7.09. The zero-order valence-corrected chi connectivity index (χ0v) is 12.2.